The summed E-state index contributed by atoms with van der Waals surface area (Å²) in [5.41, 5.74) is 2.64. The lowest BCUT2D eigenvalue weighted by molar-refractivity contribution is 0.547. The normalized spacial score (nSPS) is 13.3. The molecule has 0 spiro atoms. The zero-order valence-electron chi connectivity index (χ0n) is 17.9. The summed E-state index contributed by atoms with van der Waals surface area (Å²) in [6.45, 7) is 10.1. The van der Waals surface area contributed by atoms with Gasteiger partial charge in [0.15, 0.2) is 0 Å². The van der Waals surface area contributed by atoms with Crippen LogP contribution in [-0.2, 0) is 22.3 Å². The Morgan fingerprint density at radius 1 is 1.10 bits per heavy atom. The summed E-state index contributed by atoms with van der Waals surface area (Å²) in [4.78, 5) is 21.9. The number of nitrogens with one attached hydrogen (secondary N) is 3. The van der Waals surface area contributed by atoms with Gasteiger partial charge in [-0.25, -0.2) is 18.1 Å². The van der Waals surface area contributed by atoms with Gasteiger partial charge in [0.25, 0.3) is 5.56 Å². The van der Waals surface area contributed by atoms with Gasteiger partial charge in [-0.3, -0.25) is 4.79 Å². The highest BCUT2D eigenvalue weighted by Crippen LogP contribution is 2.26. The zero-order chi connectivity index (χ0) is 22.1. The minimum absolute atomic E-state index is 0.0416. The molecule has 0 aliphatic heterocycles. The van der Waals surface area contributed by atoms with E-state index in [1.807, 2.05) is 45.0 Å². The summed E-state index contributed by atoms with van der Waals surface area (Å²) in [6, 6.07) is 7.20. The van der Waals surface area contributed by atoms with Crippen LogP contribution < -0.4 is 15.6 Å². The number of fused-ring (bicyclic) bond motifs is 1. The van der Waals surface area contributed by atoms with E-state index in [9.17, 15) is 13.2 Å². The molecule has 1 atom stereocenters. The number of sulfonamides is 1. The van der Waals surface area contributed by atoms with Crippen molar-refractivity contribution in [3.8, 4) is 0 Å². The average molecular weight is 449 g/mol. The van der Waals surface area contributed by atoms with E-state index in [0.29, 0.717) is 17.8 Å². The van der Waals surface area contributed by atoms with E-state index in [1.54, 1.807) is 13.8 Å². The topological polar surface area (TPSA) is 104 Å². The highest BCUT2D eigenvalue weighted by Gasteiger charge is 2.16. The molecule has 0 bridgehead atoms. The van der Waals surface area contributed by atoms with E-state index >= 15 is 0 Å². The Bertz CT molecular complexity index is 1200. The minimum atomic E-state index is -3.34. The van der Waals surface area contributed by atoms with E-state index in [4.69, 9.17) is 0 Å². The SMILES string of the molecule is Cc1sc2nc(C(C)NCc3ccc(CS(=O)(=O)NC(C)C)cc3)[nH]c(=O)c2c1C. The van der Waals surface area contributed by atoms with Gasteiger partial charge in [-0.2, -0.15) is 0 Å². The first kappa shape index (κ1) is 22.6. The van der Waals surface area contributed by atoms with E-state index in [1.165, 1.54) is 11.3 Å². The molecule has 0 aliphatic rings. The van der Waals surface area contributed by atoms with Crippen LogP contribution in [0.25, 0.3) is 10.2 Å². The van der Waals surface area contributed by atoms with Gasteiger partial charge >= 0.3 is 0 Å². The van der Waals surface area contributed by atoms with E-state index in [0.717, 1.165) is 26.4 Å². The van der Waals surface area contributed by atoms with Crippen LogP contribution in [0.15, 0.2) is 29.1 Å². The molecule has 0 fully saturated rings. The number of benzene rings is 1. The van der Waals surface area contributed by atoms with Gasteiger partial charge in [-0.15, -0.1) is 11.3 Å². The maximum Gasteiger partial charge on any atom is 0.259 e. The molecule has 0 saturated heterocycles. The third-order valence-corrected chi connectivity index (χ3v) is 7.52. The fourth-order valence-electron chi connectivity index (χ4n) is 3.22. The van der Waals surface area contributed by atoms with Gasteiger partial charge in [0.1, 0.15) is 10.7 Å². The molecule has 0 amide bonds. The highest BCUT2D eigenvalue weighted by atomic mass is 32.2. The second-order valence-electron chi connectivity index (χ2n) is 7.87. The standard InChI is InChI=1S/C21H28N4O3S2/c1-12(2)25-30(27,28)11-17-8-6-16(7-9-17)10-22-14(4)19-23-20(26)18-13(3)15(5)29-21(18)24-19/h6-9,12,14,22,25H,10-11H2,1-5H3,(H,23,24,26). The predicted molar refractivity (Wildman–Crippen MR) is 122 cm³/mol. The van der Waals surface area contributed by atoms with Crippen molar-refractivity contribution in [3.63, 3.8) is 0 Å². The molecule has 0 aliphatic carbocycles. The number of aromatic nitrogens is 2. The first-order valence-corrected chi connectivity index (χ1v) is 12.3. The monoisotopic (exact) mass is 448 g/mol. The van der Waals surface area contributed by atoms with Gasteiger partial charge in [0, 0.05) is 17.5 Å². The fraction of sp³-hybridized carbons (Fsp3) is 0.429. The van der Waals surface area contributed by atoms with Crippen LogP contribution in [0.3, 0.4) is 0 Å². The number of hydrogen-bond donors (Lipinski definition) is 3. The molecular weight excluding hydrogens is 420 g/mol. The van der Waals surface area contributed by atoms with Crippen LogP contribution in [0, 0.1) is 13.8 Å². The van der Waals surface area contributed by atoms with Crippen LogP contribution in [0.2, 0.25) is 0 Å². The Kier molecular flexibility index (Phi) is 6.76. The number of hydrogen-bond acceptors (Lipinski definition) is 6. The van der Waals surface area contributed by atoms with Crippen molar-refractivity contribution < 1.29 is 8.42 Å². The van der Waals surface area contributed by atoms with Crippen molar-refractivity contribution in [2.24, 2.45) is 0 Å². The maximum absolute atomic E-state index is 12.5. The summed E-state index contributed by atoms with van der Waals surface area (Å²) in [7, 11) is -3.34. The number of thiophene rings is 1. The highest BCUT2D eigenvalue weighted by molar-refractivity contribution is 7.88. The third kappa shape index (κ3) is 5.34. The lowest BCUT2D eigenvalue weighted by Crippen LogP contribution is -2.31. The lowest BCUT2D eigenvalue weighted by Gasteiger charge is -2.14. The molecule has 0 saturated carbocycles. The molecular formula is C21H28N4O3S2. The molecule has 0 radical (unpaired) electrons. The molecule has 1 aromatic carbocycles. The number of nitrogens with zero attached hydrogens (tertiary/aromatic N) is 1. The van der Waals surface area contributed by atoms with Crippen LogP contribution in [0.5, 0.6) is 0 Å². The molecule has 162 valence electrons. The molecule has 2 heterocycles. The molecule has 3 aromatic rings. The minimum Gasteiger partial charge on any atom is -0.309 e. The summed E-state index contributed by atoms with van der Waals surface area (Å²) in [5.74, 6) is 0.566. The zero-order valence-corrected chi connectivity index (χ0v) is 19.5. The Labute approximate surface area is 181 Å². The molecule has 2 aromatic heterocycles. The van der Waals surface area contributed by atoms with Gasteiger partial charge in [-0.1, -0.05) is 24.3 Å². The number of aryl methyl sites for hydroxylation is 2. The van der Waals surface area contributed by atoms with Gasteiger partial charge < -0.3 is 10.3 Å². The molecule has 9 heteroatoms. The Balaban J connectivity index is 1.66. The van der Waals surface area contributed by atoms with Crippen LogP contribution in [-0.4, -0.2) is 24.4 Å². The van der Waals surface area contributed by atoms with Crippen molar-refractivity contribution in [2.45, 2.75) is 59.0 Å². The van der Waals surface area contributed by atoms with E-state index in [2.05, 4.69) is 20.0 Å². The van der Waals surface area contributed by atoms with Gasteiger partial charge in [-0.05, 0) is 51.3 Å². The van der Waals surface area contributed by atoms with E-state index in [-0.39, 0.29) is 23.4 Å². The van der Waals surface area contributed by atoms with Crippen LogP contribution in [0.4, 0.5) is 0 Å². The molecule has 3 N–H and O–H groups in total. The van der Waals surface area contributed by atoms with Crippen molar-refractivity contribution in [1.82, 2.24) is 20.0 Å². The smallest absolute Gasteiger partial charge is 0.259 e. The fourth-order valence-corrected chi connectivity index (χ4v) is 5.69. The van der Waals surface area contributed by atoms with Crippen molar-refractivity contribution >= 4 is 31.6 Å². The third-order valence-electron chi connectivity index (χ3n) is 4.87. The van der Waals surface area contributed by atoms with Crippen LogP contribution >= 0.6 is 11.3 Å². The van der Waals surface area contributed by atoms with Crippen molar-refractivity contribution in [1.29, 1.82) is 0 Å². The quantitative estimate of drug-likeness (QED) is 0.491. The molecule has 3 rings (SSSR count). The Morgan fingerprint density at radius 2 is 1.73 bits per heavy atom. The molecule has 30 heavy (non-hydrogen) atoms. The first-order chi connectivity index (χ1) is 14.1. The summed E-state index contributed by atoms with van der Waals surface area (Å²) in [6.07, 6.45) is 0. The number of aromatic amines is 1. The summed E-state index contributed by atoms with van der Waals surface area (Å²) in [5, 5.41) is 4.04. The molecule has 7 nitrogen and oxygen atoms in total. The summed E-state index contributed by atoms with van der Waals surface area (Å²) < 4.78 is 26.7. The second-order valence-corrected chi connectivity index (χ2v) is 10.8. The largest absolute Gasteiger partial charge is 0.309 e. The van der Waals surface area contributed by atoms with Crippen molar-refractivity contribution in [3.05, 3.63) is 62.0 Å². The lowest BCUT2D eigenvalue weighted by atomic mass is 10.1. The molecule has 1 unspecified atom stereocenters. The first-order valence-electron chi connectivity index (χ1n) is 9.87. The second kappa shape index (κ2) is 8.97. The van der Waals surface area contributed by atoms with Gasteiger partial charge in [0.2, 0.25) is 10.0 Å². The number of rotatable bonds is 8. The Hall–Kier alpha value is -2.07. The van der Waals surface area contributed by atoms with E-state index < -0.39 is 10.0 Å². The predicted octanol–water partition coefficient (Wildman–Crippen LogP) is 3.28. The van der Waals surface area contributed by atoms with Crippen LogP contribution in [0.1, 0.15) is 54.2 Å². The maximum atomic E-state index is 12.5. The number of H-pyrrole nitrogens is 1. The van der Waals surface area contributed by atoms with Crippen molar-refractivity contribution in [2.75, 3.05) is 0 Å². The summed E-state index contributed by atoms with van der Waals surface area (Å²) >= 11 is 1.54. The average Bonchev–Trinajstić information content (AvgIpc) is 2.93. The Morgan fingerprint density at radius 3 is 2.37 bits per heavy atom. The van der Waals surface area contributed by atoms with Gasteiger partial charge in [0.05, 0.1) is 17.2 Å².